The Hall–Kier alpha value is -1.75. The second-order valence-electron chi connectivity index (χ2n) is 5.68. The number of rotatable bonds is 4. The second kappa shape index (κ2) is 6.61. The predicted octanol–water partition coefficient (Wildman–Crippen LogP) is 2.99. The lowest BCUT2D eigenvalue weighted by Crippen LogP contribution is -2.45. The fraction of sp³-hybridized carbons (Fsp3) is 0.429. The van der Waals surface area contributed by atoms with Crippen LogP contribution in [0, 0.1) is 5.41 Å². The normalized spacial score (nSPS) is 11.0. The van der Waals surface area contributed by atoms with Gasteiger partial charge in [-0.1, -0.05) is 38.4 Å². The van der Waals surface area contributed by atoms with Crippen molar-refractivity contribution < 1.29 is 14.7 Å². The van der Waals surface area contributed by atoms with Crippen LogP contribution < -0.4 is 10.2 Å². The number of nitrogens with zero attached hydrogens (tertiary/aromatic N) is 1. The van der Waals surface area contributed by atoms with E-state index >= 15 is 0 Å². The summed E-state index contributed by atoms with van der Waals surface area (Å²) in [5.74, 6) is -1.09. The average molecular weight is 299 g/mol. The van der Waals surface area contributed by atoms with Gasteiger partial charge in [-0.25, -0.2) is 4.79 Å². The van der Waals surface area contributed by atoms with Gasteiger partial charge in [0, 0.05) is 17.3 Å². The molecule has 1 aromatic rings. The van der Waals surface area contributed by atoms with E-state index in [1.165, 1.54) is 0 Å². The number of carboxylic acids is 1. The molecular weight excluding hydrogens is 280 g/mol. The molecule has 0 heterocycles. The number of carbonyl (C=O) groups excluding carboxylic acids is 1. The highest BCUT2D eigenvalue weighted by Crippen LogP contribution is 2.20. The van der Waals surface area contributed by atoms with Crippen molar-refractivity contribution >= 4 is 29.3 Å². The highest BCUT2D eigenvalue weighted by molar-refractivity contribution is 6.30. The SMILES string of the molecule is CC(C)(C)CNC(=O)N(CC(=O)O)c1cccc(Cl)c1. The fourth-order valence-electron chi connectivity index (χ4n) is 1.50. The van der Waals surface area contributed by atoms with Crippen molar-refractivity contribution in [3.8, 4) is 0 Å². The van der Waals surface area contributed by atoms with Crippen LogP contribution in [0.25, 0.3) is 0 Å². The van der Waals surface area contributed by atoms with E-state index in [2.05, 4.69) is 5.32 Å². The summed E-state index contributed by atoms with van der Waals surface area (Å²) in [5, 5.41) is 12.1. The molecule has 0 saturated carbocycles. The number of urea groups is 1. The third kappa shape index (κ3) is 5.48. The van der Waals surface area contributed by atoms with Crippen LogP contribution in [0.3, 0.4) is 0 Å². The summed E-state index contributed by atoms with van der Waals surface area (Å²) >= 11 is 5.87. The molecule has 1 aromatic carbocycles. The maximum Gasteiger partial charge on any atom is 0.323 e. The summed E-state index contributed by atoms with van der Waals surface area (Å²) in [6, 6.07) is 6.08. The Morgan fingerprint density at radius 2 is 2.00 bits per heavy atom. The number of hydrogen-bond donors (Lipinski definition) is 2. The molecule has 0 saturated heterocycles. The van der Waals surface area contributed by atoms with E-state index in [0.717, 1.165) is 4.90 Å². The zero-order chi connectivity index (χ0) is 15.3. The van der Waals surface area contributed by atoms with Gasteiger partial charge >= 0.3 is 12.0 Å². The van der Waals surface area contributed by atoms with E-state index in [0.29, 0.717) is 17.3 Å². The topological polar surface area (TPSA) is 69.6 Å². The fourth-order valence-corrected chi connectivity index (χ4v) is 1.68. The quantitative estimate of drug-likeness (QED) is 0.898. The molecule has 20 heavy (non-hydrogen) atoms. The highest BCUT2D eigenvalue weighted by Gasteiger charge is 2.20. The molecule has 0 unspecified atom stereocenters. The third-order valence-electron chi connectivity index (χ3n) is 2.43. The molecule has 0 aliphatic rings. The van der Waals surface area contributed by atoms with Crippen LogP contribution in [0.4, 0.5) is 10.5 Å². The maximum absolute atomic E-state index is 12.1. The van der Waals surface area contributed by atoms with Gasteiger partial charge < -0.3 is 10.4 Å². The summed E-state index contributed by atoms with van der Waals surface area (Å²) < 4.78 is 0. The Bertz CT molecular complexity index is 497. The van der Waals surface area contributed by atoms with Crippen LogP contribution in [-0.4, -0.2) is 30.2 Å². The zero-order valence-electron chi connectivity index (χ0n) is 11.8. The maximum atomic E-state index is 12.1. The Balaban J connectivity index is 2.89. The lowest BCUT2D eigenvalue weighted by atomic mass is 9.97. The van der Waals surface area contributed by atoms with Gasteiger partial charge in [-0.2, -0.15) is 0 Å². The zero-order valence-corrected chi connectivity index (χ0v) is 12.6. The van der Waals surface area contributed by atoms with E-state index in [4.69, 9.17) is 16.7 Å². The monoisotopic (exact) mass is 298 g/mol. The second-order valence-corrected chi connectivity index (χ2v) is 6.12. The molecule has 6 heteroatoms. The van der Waals surface area contributed by atoms with Crippen LogP contribution >= 0.6 is 11.6 Å². The largest absolute Gasteiger partial charge is 0.480 e. The van der Waals surface area contributed by atoms with E-state index in [9.17, 15) is 9.59 Å². The first kappa shape index (κ1) is 16.3. The first-order chi connectivity index (χ1) is 9.19. The summed E-state index contributed by atoms with van der Waals surface area (Å²) in [7, 11) is 0. The number of hydrogen-bond acceptors (Lipinski definition) is 2. The van der Waals surface area contributed by atoms with Gasteiger partial charge in [-0.3, -0.25) is 9.69 Å². The standard InChI is InChI=1S/C14H19ClN2O3/c1-14(2,3)9-16-13(20)17(8-12(18)19)11-6-4-5-10(15)7-11/h4-7H,8-9H2,1-3H3,(H,16,20)(H,18,19). The Kier molecular flexibility index (Phi) is 5.39. The number of anilines is 1. The minimum atomic E-state index is -1.09. The van der Waals surface area contributed by atoms with Crippen molar-refractivity contribution in [2.45, 2.75) is 20.8 Å². The Morgan fingerprint density at radius 1 is 1.35 bits per heavy atom. The van der Waals surface area contributed by atoms with Crippen molar-refractivity contribution in [1.29, 1.82) is 0 Å². The molecule has 1 rings (SSSR count). The minimum absolute atomic E-state index is 0.0844. The summed E-state index contributed by atoms with van der Waals surface area (Å²) in [4.78, 5) is 24.2. The molecule has 0 aromatic heterocycles. The molecule has 0 aliphatic carbocycles. The molecule has 110 valence electrons. The number of carboxylic acid groups (broad SMARTS) is 1. The molecule has 0 spiro atoms. The lowest BCUT2D eigenvalue weighted by molar-refractivity contribution is -0.135. The van der Waals surface area contributed by atoms with Gasteiger partial charge in [0.25, 0.3) is 0 Å². The van der Waals surface area contributed by atoms with E-state index < -0.39 is 18.5 Å². The first-order valence-electron chi connectivity index (χ1n) is 6.22. The van der Waals surface area contributed by atoms with E-state index in [-0.39, 0.29) is 5.41 Å². The number of aliphatic carboxylic acids is 1. The van der Waals surface area contributed by atoms with Gasteiger partial charge in [-0.05, 0) is 23.6 Å². The van der Waals surface area contributed by atoms with Crippen LogP contribution in [0.2, 0.25) is 5.02 Å². The average Bonchev–Trinajstić information content (AvgIpc) is 2.32. The number of carbonyl (C=O) groups is 2. The highest BCUT2D eigenvalue weighted by atomic mass is 35.5. The van der Waals surface area contributed by atoms with Crippen molar-refractivity contribution in [3.05, 3.63) is 29.3 Å². The number of halogens is 1. The van der Waals surface area contributed by atoms with E-state index in [1.807, 2.05) is 20.8 Å². The molecule has 0 radical (unpaired) electrons. The van der Waals surface area contributed by atoms with Gasteiger partial charge in [-0.15, -0.1) is 0 Å². The van der Waals surface area contributed by atoms with Crippen molar-refractivity contribution in [3.63, 3.8) is 0 Å². The molecule has 2 amide bonds. The van der Waals surface area contributed by atoms with Crippen molar-refractivity contribution in [2.24, 2.45) is 5.41 Å². The third-order valence-corrected chi connectivity index (χ3v) is 2.66. The first-order valence-corrected chi connectivity index (χ1v) is 6.59. The molecule has 2 N–H and O–H groups in total. The van der Waals surface area contributed by atoms with Crippen LogP contribution in [0.15, 0.2) is 24.3 Å². The van der Waals surface area contributed by atoms with Gasteiger partial charge in [0.2, 0.25) is 0 Å². The summed E-state index contributed by atoms with van der Waals surface area (Å²) in [6.07, 6.45) is 0. The molecule has 0 fully saturated rings. The van der Waals surface area contributed by atoms with Gasteiger partial charge in [0.15, 0.2) is 0 Å². The van der Waals surface area contributed by atoms with Gasteiger partial charge in [0.05, 0.1) is 0 Å². The molecule has 5 nitrogen and oxygen atoms in total. The molecule has 0 bridgehead atoms. The summed E-state index contributed by atoms with van der Waals surface area (Å²) in [6.45, 7) is 5.97. The lowest BCUT2D eigenvalue weighted by Gasteiger charge is -2.25. The van der Waals surface area contributed by atoms with E-state index in [1.54, 1.807) is 24.3 Å². The summed E-state index contributed by atoms with van der Waals surface area (Å²) in [5.41, 5.74) is 0.366. The van der Waals surface area contributed by atoms with Crippen LogP contribution in [0.1, 0.15) is 20.8 Å². The van der Waals surface area contributed by atoms with Crippen molar-refractivity contribution in [2.75, 3.05) is 18.0 Å². The Labute approximate surface area is 123 Å². The number of amides is 2. The smallest absolute Gasteiger partial charge is 0.323 e. The minimum Gasteiger partial charge on any atom is -0.480 e. The molecule has 0 aliphatic heterocycles. The van der Waals surface area contributed by atoms with Gasteiger partial charge in [0.1, 0.15) is 6.54 Å². The Morgan fingerprint density at radius 3 is 2.50 bits per heavy atom. The number of benzene rings is 1. The van der Waals surface area contributed by atoms with Crippen molar-refractivity contribution in [1.82, 2.24) is 5.32 Å². The molecule has 0 atom stereocenters. The van der Waals surface area contributed by atoms with Crippen LogP contribution in [-0.2, 0) is 4.79 Å². The number of nitrogens with one attached hydrogen (secondary N) is 1. The van der Waals surface area contributed by atoms with Crippen LogP contribution in [0.5, 0.6) is 0 Å². The predicted molar refractivity (Wildman–Crippen MR) is 79.3 cm³/mol. The molecular formula is C14H19ClN2O3.